The van der Waals surface area contributed by atoms with Crippen LogP contribution in [0, 0.1) is 17.0 Å². The molecule has 1 amide bonds. The number of rotatable bonds is 5. The molecule has 1 atom stereocenters. The van der Waals surface area contributed by atoms with Crippen LogP contribution >= 0.6 is 11.6 Å². The smallest absolute Gasteiger partial charge is 0.272 e. The van der Waals surface area contributed by atoms with Crippen molar-refractivity contribution in [3.05, 3.63) is 62.7 Å². The molecule has 0 spiro atoms. The van der Waals surface area contributed by atoms with Crippen LogP contribution in [-0.2, 0) is 0 Å². The van der Waals surface area contributed by atoms with Crippen LogP contribution in [0.2, 0.25) is 5.02 Å². The van der Waals surface area contributed by atoms with Gasteiger partial charge in [0.2, 0.25) is 0 Å². The van der Waals surface area contributed by atoms with Crippen molar-refractivity contribution >= 4 is 28.9 Å². The second kappa shape index (κ2) is 7.84. The van der Waals surface area contributed by atoms with Gasteiger partial charge in [-0.2, -0.15) is 0 Å². The zero-order valence-corrected chi connectivity index (χ0v) is 15.8. The second-order valence-corrected chi connectivity index (χ2v) is 6.92. The quantitative estimate of drug-likeness (QED) is 0.624. The molecule has 2 aromatic carbocycles. The van der Waals surface area contributed by atoms with Crippen LogP contribution in [0.4, 0.5) is 11.4 Å². The van der Waals surface area contributed by atoms with E-state index in [1.165, 1.54) is 12.1 Å². The molecule has 1 aliphatic rings. The first-order valence-electron chi connectivity index (χ1n) is 8.53. The lowest BCUT2D eigenvalue weighted by Gasteiger charge is -2.21. The first-order valence-corrected chi connectivity index (χ1v) is 8.91. The summed E-state index contributed by atoms with van der Waals surface area (Å²) in [5, 5.41) is 14.5. The van der Waals surface area contributed by atoms with E-state index in [2.05, 4.69) is 10.2 Å². The van der Waals surface area contributed by atoms with Gasteiger partial charge in [-0.25, -0.2) is 0 Å². The third kappa shape index (κ3) is 4.14. The first-order chi connectivity index (χ1) is 12.9. The van der Waals surface area contributed by atoms with Crippen LogP contribution in [-0.4, -0.2) is 37.1 Å². The molecule has 1 unspecified atom stereocenters. The number of hydrogen-bond acceptors (Lipinski definition) is 5. The Labute approximate surface area is 162 Å². The highest BCUT2D eigenvalue weighted by Crippen LogP contribution is 2.33. The van der Waals surface area contributed by atoms with Gasteiger partial charge in [0.25, 0.3) is 11.6 Å². The summed E-state index contributed by atoms with van der Waals surface area (Å²) in [7, 11) is 1.61. The van der Waals surface area contributed by atoms with E-state index >= 15 is 0 Å². The standard InChI is InChI=1S/C19H20ClN3O4/c1-12-9-13(3-5-16(12)23(25)26)19(24)21-15-7-8-22(11-15)17-10-14(20)4-6-18(17)27-2/h3-6,9-10,15H,7-8,11H2,1-2H3,(H,21,24). The predicted molar refractivity (Wildman–Crippen MR) is 104 cm³/mol. The topological polar surface area (TPSA) is 84.7 Å². The molecule has 1 aliphatic heterocycles. The van der Waals surface area contributed by atoms with Crippen molar-refractivity contribution in [2.45, 2.75) is 19.4 Å². The monoisotopic (exact) mass is 389 g/mol. The average molecular weight is 390 g/mol. The number of ether oxygens (including phenoxy) is 1. The van der Waals surface area contributed by atoms with Crippen molar-refractivity contribution in [1.82, 2.24) is 5.32 Å². The molecule has 1 saturated heterocycles. The fourth-order valence-electron chi connectivity index (χ4n) is 3.28. The Hall–Kier alpha value is -2.80. The van der Waals surface area contributed by atoms with Gasteiger partial charge in [-0.05, 0) is 43.7 Å². The molecule has 0 aromatic heterocycles. The molecular weight excluding hydrogens is 370 g/mol. The minimum absolute atomic E-state index is 0.00615. The van der Waals surface area contributed by atoms with E-state index in [1.54, 1.807) is 26.2 Å². The number of aryl methyl sites for hydroxylation is 1. The van der Waals surface area contributed by atoms with E-state index in [0.717, 1.165) is 24.4 Å². The lowest BCUT2D eigenvalue weighted by molar-refractivity contribution is -0.385. The first kappa shape index (κ1) is 19.0. The Kier molecular flexibility index (Phi) is 5.51. The molecule has 7 nitrogen and oxygen atoms in total. The minimum atomic E-state index is -0.454. The molecule has 1 heterocycles. The second-order valence-electron chi connectivity index (χ2n) is 6.48. The summed E-state index contributed by atoms with van der Waals surface area (Å²) in [6.07, 6.45) is 0.785. The number of nitro benzene ring substituents is 1. The van der Waals surface area contributed by atoms with Gasteiger partial charge in [0.05, 0.1) is 17.7 Å². The van der Waals surface area contributed by atoms with Crippen molar-refractivity contribution in [3.8, 4) is 5.75 Å². The molecule has 2 aromatic rings. The van der Waals surface area contributed by atoms with Gasteiger partial charge in [0, 0.05) is 41.3 Å². The Morgan fingerprint density at radius 3 is 2.78 bits per heavy atom. The van der Waals surface area contributed by atoms with Gasteiger partial charge >= 0.3 is 0 Å². The van der Waals surface area contributed by atoms with Crippen molar-refractivity contribution in [2.75, 3.05) is 25.1 Å². The molecule has 1 fully saturated rings. The van der Waals surface area contributed by atoms with Crippen LogP contribution in [0.1, 0.15) is 22.3 Å². The highest BCUT2D eigenvalue weighted by molar-refractivity contribution is 6.30. The summed E-state index contributed by atoms with van der Waals surface area (Å²) in [5.41, 5.74) is 1.78. The molecule has 142 valence electrons. The highest BCUT2D eigenvalue weighted by Gasteiger charge is 2.26. The number of nitro groups is 1. The van der Waals surface area contributed by atoms with Crippen LogP contribution in [0.25, 0.3) is 0 Å². The zero-order chi connectivity index (χ0) is 19.6. The molecule has 0 saturated carbocycles. The maximum atomic E-state index is 12.5. The van der Waals surface area contributed by atoms with Gasteiger partial charge in [-0.15, -0.1) is 0 Å². The van der Waals surface area contributed by atoms with Crippen molar-refractivity contribution in [2.24, 2.45) is 0 Å². The molecule has 27 heavy (non-hydrogen) atoms. The number of carbonyl (C=O) groups excluding carboxylic acids is 1. The summed E-state index contributed by atoms with van der Waals surface area (Å²) in [4.78, 5) is 25.1. The van der Waals surface area contributed by atoms with Gasteiger partial charge in [0.15, 0.2) is 0 Å². The van der Waals surface area contributed by atoms with Crippen LogP contribution in [0.5, 0.6) is 5.75 Å². The van der Waals surface area contributed by atoms with Crippen molar-refractivity contribution < 1.29 is 14.5 Å². The maximum absolute atomic E-state index is 12.5. The molecule has 8 heteroatoms. The van der Waals surface area contributed by atoms with E-state index < -0.39 is 4.92 Å². The average Bonchev–Trinajstić information content (AvgIpc) is 3.09. The fourth-order valence-corrected chi connectivity index (χ4v) is 3.44. The molecule has 0 radical (unpaired) electrons. The summed E-state index contributed by atoms with van der Waals surface area (Å²) >= 11 is 6.10. The van der Waals surface area contributed by atoms with E-state index in [-0.39, 0.29) is 17.6 Å². The predicted octanol–water partition coefficient (Wildman–Crippen LogP) is 3.57. The molecule has 0 aliphatic carbocycles. The Balaban J connectivity index is 1.68. The van der Waals surface area contributed by atoms with Crippen molar-refractivity contribution in [1.29, 1.82) is 0 Å². The van der Waals surface area contributed by atoms with Crippen LogP contribution in [0.3, 0.4) is 0 Å². The number of nitrogens with zero attached hydrogens (tertiary/aromatic N) is 2. The zero-order valence-electron chi connectivity index (χ0n) is 15.1. The lowest BCUT2D eigenvalue weighted by Crippen LogP contribution is -2.37. The summed E-state index contributed by atoms with van der Waals surface area (Å²) in [6, 6.07) is 9.80. The third-order valence-corrected chi connectivity index (χ3v) is 4.90. The van der Waals surface area contributed by atoms with Crippen LogP contribution < -0.4 is 15.0 Å². The normalized spacial score (nSPS) is 16.3. The van der Waals surface area contributed by atoms with Crippen LogP contribution in [0.15, 0.2) is 36.4 Å². The van der Waals surface area contributed by atoms with E-state index in [1.807, 2.05) is 12.1 Å². The number of methoxy groups -OCH3 is 1. The number of anilines is 1. The fraction of sp³-hybridized carbons (Fsp3) is 0.316. The van der Waals surface area contributed by atoms with Gasteiger partial charge in [0.1, 0.15) is 5.75 Å². The number of amides is 1. The van der Waals surface area contributed by atoms with E-state index in [0.29, 0.717) is 22.7 Å². The van der Waals surface area contributed by atoms with Gasteiger partial charge in [-0.1, -0.05) is 11.6 Å². The lowest BCUT2D eigenvalue weighted by atomic mass is 10.1. The summed E-state index contributed by atoms with van der Waals surface area (Å²) in [5.74, 6) is 0.496. The Morgan fingerprint density at radius 1 is 1.33 bits per heavy atom. The minimum Gasteiger partial charge on any atom is -0.495 e. The van der Waals surface area contributed by atoms with Crippen molar-refractivity contribution in [3.63, 3.8) is 0 Å². The van der Waals surface area contributed by atoms with E-state index in [4.69, 9.17) is 16.3 Å². The Morgan fingerprint density at radius 2 is 2.11 bits per heavy atom. The number of nitrogens with one attached hydrogen (secondary N) is 1. The van der Waals surface area contributed by atoms with E-state index in [9.17, 15) is 14.9 Å². The number of carbonyl (C=O) groups is 1. The summed E-state index contributed by atoms with van der Waals surface area (Å²) < 4.78 is 5.40. The number of benzene rings is 2. The highest BCUT2D eigenvalue weighted by atomic mass is 35.5. The number of hydrogen-bond donors (Lipinski definition) is 1. The Bertz CT molecular complexity index is 887. The molecule has 3 rings (SSSR count). The van der Waals surface area contributed by atoms with Gasteiger partial charge in [-0.3, -0.25) is 14.9 Å². The summed E-state index contributed by atoms with van der Waals surface area (Å²) in [6.45, 7) is 3.02. The largest absolute Gasteiger partial charge is 0.495 e. The SMILES string of the molecule is COc1ccc(Cl)cc1N1CCC(NC(=O)c2ccc([N+](=O)[O-])c(C)c2)C1. The molecule has 1 N–H and O–H groups in total. The maximum Gasteiger partial charge on any atom is 0.272 e. The number of halogens is 1. The third-order valence-electron chi connectivity index (χ3n) is 4.66. The molecular formula is C19H20ClN3O4. The molecule has 0 bridgehead atoms. The van der Waals surface area contributed by atoms with Gasteiger partial charge < -0.3 is 15.0 Å².